The van der Waals surface area contributed by atoms with Crippen molar-refractivity contribution < 1.29 is 23.0 Å². The Balaban J connectivity index is 1.92. The van der Waals surface area contributed by atoms with Crippen LogP contribution in [0, 0.1) is 0 Å². The number of rotatable bonds is 5. The monoisotopic (exact) mass is 457 g/mol. The lowest BCUT2D eigenvalue weighted by Gasteiger charge is -2.38. The van der Waals surface area contributed by atoms with Crippen LogP contribution in [0.1, 0.15) is 55.8 Å². The summed E-state index contributed by atoms with van der Waals surface area (Å²) in [5.41, 5.74) is 6.54. The number of halogens is 3. The zero-order valence-corrected chi connectivity index (χ0v) is 18.6. The number of aryl methyl sites for hydroxylation is 1. The maximum Gasteiger partial charge on any atom is 0.410 e. The fraction of sp³-hybridized carbons (Fsp3) is 0.550. The number of ether oxygens (including phenoxy) is 2. The standard InChI is InChI=1S/C20H26ClF2N5O3/c1-20(2,3)31-19(29)28-8-7-11-12(21)5-6-15(16(11)14(28)9-24)30-10-13-17(18(22)23)27(4)26-25-13/h5-6,14,18H,7-10,24H2,1-4H3. The first-order valence-electron chi connectivity index (χ1n) is 9.83. The van der Waals surface area contributed by atoms with Crippen molar-refractivity contribution >= 4 is 17.7 Å². The first-order chi connectivity index (χ1) is 14.5. The summed E-state index contributed by atoms with van der Waals surface area (Å²) in [7, 11) is 1.39. The molecule has 3 rings (SSSR count). The molecule has 1 amide bonds. The molecule has 0 spiro atoms. The van der Waals surface area contributed by atoms with Crippen LogP contribution in [0.15, 0.2) is 12.1 Å². The van der Waals surface area contributed by atoms with E-state index in [1.54, 1.807) is 37.8 Å². The van der Waals surface area contributed by atoms with Crippen molar-refractivity contribution in [2.24, 2.45) is 12.8 Å². The number of nitrogens with two attached hydrogens (primary N) is 1. The Kier molecular flexibility index (Phi) is 6.70. The predicted octanol–water partition coefficient (Wildman–Crippen LogP) is 3.78. The van der Waals surface area contributed by atoms with E-state index in [0.29, 0.717) is 29.3 Å². The first-order valence-corrected chi connectivity index (χ1v) is 10.2. The van der Waals surface area contributed by atoms with E-state index >= 15 is 0 Å². The molecule has 8 nitrogen and oxygen atoms in total. The summed E-state index contributed by atoms with van der Waals surface area (Å²) in [6.07, 6.45) is -2.75. The van der Waals surface area contributed by atoms with E-state index < -0.39 is 24.2 Å². The molecular formula is C20H26ClF2N5O3. The van der Waals surface area contributed by atoms with E-state index in [0.717, 1.165) is 10.2 Å². The summed E-state index contributed by atoms with van der Waals surface area (Å²) >= 11 is 6.40. The summed E-state index contributed by atoms with van der Waals surface area (Å²) < 4.78 is 39.0. The van der Waals surface area contributed by atoms with Crippen LogP contribution in [0.2, 0.25) is 5.02 Å². The zero-order valence-electron chi connectivity index (χ0n) is 17.9. The average Bonchev–Trinajstić information content (AvgIpc) is 3.06. The fourth-order valence-electron chi connectivity index (χ4n) is 3.61. The Hall–Kier alpha value is -2.46. The van der Waals surface area contributed by atoms with Gasteiger partial charge in [-0.1, -0.05) is 16.8 Å². The van der Waals surface area contributed by atoms with Gasteiger partial charge in [-0.05, 0) is 44.9 Å². The van der Waals surface area contributed by atoms with E-state index in [4.69, 9.17) is 26.8 Å². The molecule has 0 saturated heterocycles. The first kappa shape index (κ1) is 23.2. The van der Waals surface area contributed by atoms with Crippen molar-refractivity contribution in [3.8, 4) is 5.75 Å². The van der Waals surface area contributed by atoms with Crippen LogP contribution in [0.25, 0.3) is 0 Å². The Labute approximate surface area is 184 Å². The second kappa shape index (κ2) is 8.96. The van der Waals surface area contributed by atoms with Gasteiger partial charge in [-0.2, -0.15) is 0 Å². The van der Waals surface area contributed by atoms with Gasteiger partial charge in [0, 0.05) is 30.7 Å². The molecule has 0 radical (unpaired) electrons. The molecule has 1 unspecified atom stereocenters. The highest BCUT2D eigenvalue weighted by molar-refractivity contribution is 6.31. The van der Waals surface area contributed by atoms with Crippen molar-refractivity contribution in [1.29, 1.82) is 0 Å². The summed E-state index contributed by atoms with van der Waals surface area (Å²) in [4.78, 5) is 14.3. The van der Waals surface area contributed by atoms with Crippen LogP contribution in [0.4, 0.5) is 13.6 Å². The molecule has 11 heteroatoms. The zero-order chi connectivity index (χ0) is 22.9. The van der Waals surface area contributed by atoms with Crippen molar-refractivity contribution in [2.45, 2.75) is 51.9 Å². The number of fused-ring (bicyclic) bond motifs is 1. The number of nitrogens with zero attached hydrogens (tertiary/aromatic N) is 4. The van der Waals surface area contributed by atoms with Gasteiger partial charge in [0.2, 0.25) is 0 Å². The van der Waals surface area contributed by atoms with Gasteiger partial charge in [0.25, 0.3) is 6.43 Å². The fourth-order valence-corrected chi connectivity index (χ4v) is 3.87. The molecule has 0 aliphatic carbocycles. The molecule has 0 saturated carbocycles. The largest absolute Gasteiger partial charge is 0.487 e. The van der Waals surface area contributed by atoms with E-state index in [1.165, 1.54) is 7.05 Å². The molecule has 1 aliphatic heterocycles. The second-order valence-corrected chi connectivity index (χ2v) is 8.65. The topological polar surface area (TPSA) is 95.5 Å². The highest BCUT2D eigenvalue weighted by Gasteiger charge is 2.36. The summed E-state index contributed by atoms with van der Waals surface area (Å²) in [6.45, 7) is 5.63. The van der Waals surface area contributed by atoms with Crippen molar-refractivity contribution in [3.05, 3.63) is 39.7 Å². The number of alkyl halides is 2. The predicted molar refractivity (Wildman–Crippen MR) is 110 cm³/mol. The van der Waals surface area contributed by atoms with E-state index in [-0.39, 0.29) is 24.5 Å². The third-order valence-electron chi connectivity index (χ3n) is 4.94. The second-order valence-electron chi connectivity index (χ2n) is 8.25. The number of aromatic nitrogens is 3. The molecule has 170 valence electrons. The van der Waals surface area contributed by atoms with Crippen LogP contribution in [-0.2, 0) is 24.8 Å². The van der Waals surface area contributed by atoms with Gasteiger partial charge in [-0.3, -0.25) is 4.90 Å². The number of carbonyl (C=O) groups excluding carboxylic acids is 1. The SMILES string of the molecule is Cn1nnc(COc2ccc(Cl)c3c2C(CN)N(C(=O)OC(C)(C)C)CC3)c1C(F)F. The molecule has 1 aliphatic rings. The molecule has 2 N–H and O–H groups in total. The summed E-state index contributed by atoms with van der Waals surface area (Å²) in [5, 5.41) is 7.95. The van der Waals surface area contributed by atoms with Gasteiger partial charge < -0.3 is 15.2 Å². The van der Waals surface area contributed by atoms with Crippen LogP contribution < -0.4 is 10.5 Å². The molecule has 2 aromatic rings. The minimum Gasteiger partial charge on any atom is -0.487 e. The third kappa shape index (κ3) is 4.90. The summed E-state index contributed by atoms with van der Waals surface area (Å²) in [5.74, 6) is 0.397. The smallest absolute Gasteiger partial charge is 0.410 e. The maximum absolute atomic E-state index is 13.3. The van der Waals surface area contributed by atoms with Gasteiger partial charge >= 0.3 is 6.09 Å². The van der Waals surface area contributed by atoms with Crippen molar-refractivity contribution in [1.82, 2.24) is 19.9 Å². The number of hydrogen-bond donors (Lipinski definition) is 1. The minimum absolute atomic E-state index is 0.0327. The minimum atomic E-state index is -2.74. The maximum atomic E-state index is 13.3. The van der Waals surface area contributed by atoms with Crippen molar-refractivity contribution in [2.75, 3.05) is 13.1 Å². The van der Waals surface area contributed by atoms with Gasteiger partial charge in [0.05, 0.1) is 6.04 Å². The van der Waals surface area contributed by atoms with Gasteiger partial charge in [0.1, 0.15) is 29.3 Å². The van der Waals surface area contributed by atoms with Crippen LogP contribution >= 0.6 is 11.6 Å². The van der Waals surface area contributed by atoms with Crippen molar-refractivity contribution in [3.63, 3.8) is 0 Å². The molecule has 0 bridgehead atoms. The van der Waals surface area contributed by atoms with Gasteiger partial charge in [-0.25, -0.2) is 18.3 Å². The highest BCUT2D eigenvalue weighted by atomic mass is 35.5. The number of hydrogen-bond acceptors (Lipinski definition) is 6. The van der Waals surface area contributed by atoms with E-state index in [1.807, 2.05) is 0 Å². The van der Waals surface area contributed by atoms with Crippen LogP contribution in [0.5, 0.6) is 5.75 Å². The Morgan fingerprint density at radius 3 is 2.71 bits per heavy atom. The molecule has 2 heterocycles. The molecule has 0 fully saturated rings. The third-order valence-corrected chi connectivity index (χ3v) is 5.29. The Morgan fingerprint density at radius 2 is 2.10 bits per heavy atom. The molecule has 1 aromatic heterocycles. The lowest BCUT2D eigenvalue weighted by Crippen LogP contribution is -2.45. The van der Waals surface area contributed by atoms with E-state index in [9.17, 15) is 13.6 Å². The molecule has 1 aromatic carbocycles. The van der Waals surface area contributed by atoms with Crippen LogP contribution in [0.3, 0.4) is 0 Å². The van der Waals surface area contributed by atoms with Crippen LogP contribution in [-0.4, -0.2) is 44.7 Å². The van der Waals surface area contributed by atoms with E-state index in [2.05, 4.69) is 10.3 Å². The average molecular weight is 458 g/mol. The number of carbonyl (C=O) groups is 1. The van der Waals surface area contributed by atoms with Gasteiger partial charge in [0.15, 0.2) is 0 Å². The molecule has 1 atom stereocenters. The Bertz CT molecular complexity index is 961. The highest BCUT2D eigenvalue weighted by Crippen LogP contribution is 2.40. The quantitative estimate of drug-likeness (QED) is 0.734. The lowest BCUT2D eigenvalue weighted by molar-refractivity contribution is 0.0146. The number of benzene rings is 1. The normalized spacial score (nSPS) is 16.4. The molecule has 31 heavy (non-hydrogen) atoms. The van der Waals surface area contributed by atoms with Gasteiger partial charge in [-0.15, -0.1) is 5.10 Å². The number of amides is 1. The molecular weight excluding hydrogens is 432 g/mol. The summed E-state index contributed by atoms with van der Waals surface area (Å²) in [6, 6.07) is 2.78. The Morgan fingerprint density at radius 1 is 1.39 bits per heavy atom. The lowest BCUT2D eigenvalue weighted by atomic mass is 9.91.